The molecule has 35 heavy (non-hydrogen) atoms. The highest BCUT2D eigenvalue weighted by molar-refractivity contribution is 5.91. The van der Waals surface area contributed by atoms with Gasteiger partial charge in [0.05, 0.1) is 18.7 Å². The van der Waals surface area contributed by atoms with Crippen molar-refractivity contribution in [3.8, 4) is 5.75 Å². The van der Waals surface area contributed by atoms with Gasteiger partial charge in [0.15, 0.2) is 5.60 Å². The molecule has 2 heterocycles. The third-order valence-electron chi connectivity index (χ3n) is 5.73. The van der Waals surface area contributed by atoms with E-state index in [4.69, 9.17) is 4.74 Å². The van der Waals surface area contributed by atoms with Crippen molar-refractivity contribution in [2.45, 2.75) is 31.2 Å². The molecule has 7 nitrogen and oxygen atoms in total. The zero-order chi connectivity index (χ0) is 25.1. The molecule has 0 saturated carbocycles. The fraction of sp³-hybridized carbons (Fsp3) is 0.240. The van der Waals surface area contributed by atoms with Crippen molar-refractivity contribution in [3.05, 3.63) is 84.1 Å². The number of nitrogens with one attached hydrogen (secondary N) is 2. The Kier molecular flexibility index (Phi) is 6.74. The van der Waals surface area contributed by atoms with Crippen LogP contribution in [0.2, 0.25) is 0 Å². The van der Waals surface area contributed by atoms with E-state index in [1.807, 2.05) is 6.92 Å². The molecule has 2 aromatic heterocycles. The number of hydrogen-bond donors (Lipinski definition) is 3. The Morgan fingerprint density at radius 3 is 2.63 bits per heavy atom. The Morgan fingerprint density at radius 2 is 1.91 bits per heavy atom. The molecule has 0 spiro atoms. The quantitative estimate of drug-likeness (QED) is 0.318. The molecule has 10 heteroatoms. The van der Waals surface area contributed by atoms with Crippen LogP contribution in [-0.4, -0.2) is 44.2 Å². The Morgan fingerprint density at radius 1 is 1.11 bits per heavy atom. The average Bonchev–Trinajstić information content (AvgIpc) is 3.35. The second kappa shape index (κ2) is 9.75. The average molecular weight is 483 g/mol. The predicted molar refractivity (Wildman–Crippen MR) is 127 cm³/mol. The second-order valence-electron chi connectivity index (χ2n) is 8.04. The molecule has 0 aliphatic heterocycles. The van der Waals surface area contributed by atoms with Crippen LogP contribution in [0.5, 0.6) is 5.75 Å². The minimum absolute atomic E-state index is 0.153. The zero-order valence-electron chi connectivity index (χ0n) is 19.0. The van der Waals surface area contributed by atoms with Gasteiger partial charge in [-0.05, 0) is 43.3 Å². The van der Waals surface area contributed by atoms with Crippen LogP contribution in [0.3, 0.4) is 0 Å². The molecule has 0 saturated heterocycles. The Bertz CT molecular complexity index is 1320. The number of ether oxygens (including phenoxy) is 1. The van der Waals surface area contributed by atoms with E-state index in [1.165, 1.54) is 31.7 Å². The number of halogens is 3. The number of alkyl halides is 3. The highest BCUT2D eigenvalue weighted by Gasteiger charge is 2.59. The van der Waals surface area contributed by atoms with Crippen LogP contribution < -0.4 is 10.1 Å². The van der Waals surface area contributed by atoms with Crippen LogP contribution in [0.1, 0.15) is 29.5 Å². The lowest BCUT2D eigenvalue weighted by Crippen LogP contribution is -2.52. The molecule has 0 fully saturated rings. The molecule has 182 valence electrons. The fourth-order valence-corrected chi connectivity index (χ4v) is 3.94. The Hall–Kier alpha value is -3.92. The van der Waals surface area contributed by atoms with E-state index in [9.17, 15) is 18.3 Å². The molecule has 2 atom stereocenters. The number of anilines is 1. The van der Waals surface area contributed by atoms with Crippen molar-refractivity contribution < 1.29 is 23.0 Å². The van der Waals surface area contributed by atoms with Gasteiger partial charge in [-0.15, -0.1) is 0 Å². The predicted octanol–water partition coefficient (Wildman–Crippen LogP) is 5.22. The molecule has 0 bridgehead atoms. The van der Waals surface area contributed by atoms with Gasteiger partial charge in [-0.3, -0.25) is 10.1 Å². The van der Waals surface area contributed by atoms with Crippen LogP contribution in [-0.2, 0) is 0 Å². The van der Waals surface area contributed by atoms with Gasteiger partial charge in [-0.2, -0.15) is 18.3 Å². The minimum atomic E-state index is -5.00. The first-order valence-corrected chi connectivity index (χ1v) is 10.8. The van der Waals surface area contributed by atoms with Crippen molar-refractivity contribution in [1.82, 2.24) is 20.2 Å². The number of para-hydroxylation sites is 1. The highest BCUT2D eigenvalue weighted by atomic mass is 19.4. The van der Waals surface area contributed by atoms with Gasteiger partial charge < -0.3 is 15.2 Å². The SMILES string of the molecule is COc1ccccc1C(Nc1cccc2nc(C)ccc12)C(O)(C/C=C\c1ncn[nH]1)C(F)(F)F. The smallest absolute Gasteiger partial charge is 0.419 e. The number of rotatable bonds is 8. The normalized spacial score (nSPS) is 14.7. The molecule has 0 aliphatic carbocycles. The number of aryl methyl sites for hydroxylation is 1. The van der Waals surface area contributed by atoms with E-state index in [2.05, 4.69) is 25.5 Å². The monoisotopic (exact) mass is 483 g/mol. The van der Waals surface area contributed by atoms with E-state index in [-0.39, 0.29) is 17.1 Å². The number of aromatic nitrogens is 4. The van der Waals surface area contributed by atoms with Crippen molar-refractivity contribution in [2.24, 2.45) is 0 Å². The third-order valence-corrected chi connectivity index (χ3v) is 5.73. The van der Waals surface area contributed by atoms with Gasteiger partial charge >= 0.3 is 6.18 Å². The number of benzene rings is 2. The summed E-state index contributed by atoms with van der Waals surface area (Å²) in [6.07, 6.45) is -1.96. The molecule has 2 unspecified atom stereocenters. The van der Waals surface area contributed by atoms with Gasteiger partial charge in [0.2, 0.25) is 0 Å². The molecule has 4 rings (SSSR count). The first kappa shape index (κ1) is 24.2. The lowest BCUT2D eigenvalue weighted by Gasteiger charge is -2.39. The van der Waals surface area contributed by atoms with E-state index in [1.54, 1.807) is 48.5 Å². The number of methoxy groups -OCH3 is 1. The fourth-order valence-electron chi connectivity index (χ4n) is 3.94. The Labute approximate surface area is 199 Å². The standard InChI is InChI=1S/C25H24F3N5O2/c1-16-12-13-17-19(31-16)8-5-9-20(17)32-23(18-7-3-4-10-21(18)35-2)24(34,25(26,27)28)14-6-11-22-29-15-30-33-22/h3-13,15,23,32,34H,14H2,1-2H3,(H,29,30,33)/b11-6-. The lowest BCUT2D eigenvalue weighted by molar-refractivity contribution is -0.265. The minimum Gasteiger partial charge on any atom is -0.496 e. The molecule has 2 aromatic carbocycles. The summed E-state index contributed by atoms with van der Waals surface area (Å²) in [6, 6.07) is 13.4. The van der Waals surface area contributed by atoms with Crippen LogP contribution in [0.15, 0.2) is 67.0 Å². The molecule has 3 N–H and O–H groups in total. The number of pyridine rings is 1. The van der Waals surface area contributed by atoms with Gasteiger partial charge in [-0.25, -0.2) is 4.98 Å². The van der Waals surface area contributed by atoms with E-state index < -0.39 is 24.2 Å². The zero-order valence-corrected chi connectivity index (χ0v) is 19.0. The number of nitrogens with zero attached hydrogens (tertiary/aromatic N) is 3. The molecule has 0 amide bonds. The summed E-state index contributed by atoms with van der Waals surface area (Å²) in [7, 11) is 1.37. The van der Waals surface area contributed by atoms with Gasteiger partial charge in [-0.1, -0.05) is 30.3 Å². The van der Waals surface area contributed by atoms with Gasteiger partial charge in [0.25, 0.3) is 0 Å². The summed E-state index contributed by atoms with van der Waals surface area (Å²) in [5.41, 5.74) is -1.26. The summed E-state index contributed by atoms with van der Waals surface area (Å²) in [6.45, 7) is 1.83. The van der Waals surface area contributed by atoms with Crippen LogP contribution in [0, 0.1) is 6.92 Å². The molecule has 0 radical (unpaired) electrons. The number of aromatic amines is 1. The maximum Gasteiger partial charge on any atom is 0.419 e. The summed E-state index contributed by atoms with van der Waals surface area (Å²) < 4.78 is 49.2. The Balaban J connectivity index is 1.84. The molecule has 4 aromatic rings. The van der Waals surface area contributed by atoms with Crippen molar-refractivity contribution in [1.29, 1.82) is 0 Å². The van der Waals surface area contributed by atoms with E-state index in [0.717, 1.165) is 5.69 Å². The summed E-state index contributed by atoms with van der Waals surface area (Å²) in [5, 5.41) is 21.1. The lowest BCUT2D eigenvalue weighted by atomic mass is 9.84. The molecular weight excluding hydrogens is 459 g/mol. The maximum atomic E-state index is 14.6. The van der Waals surface area contributed by atoms with Crippen LogP contribution in [0.4, 0.5) is 18.9 Å². The number of fused-ring (bicyclic) bond motifs is 1. The molecule has 0 aliphatic rings. The summed E-state index contributed by atoms with van der Waals surface area (Å²) in [4.78, 5) is 8.34. The van der Waals surface area contributed by atoms with Crippen LogP contribution >= 0.6 is 0 Å². The van der Waals surface area contributed by atoms with Gasteiger partial charge in [0, 0.05) is 28.8 Å². The van der Waals surface area contributed by atoms with Crippen molar-refractivity contribution >= 4 is 22.7 Å². The van der Waals surface area contributed by atoms with Crippen LogP contribution in [0.25, 0.3) is 17.0 Å². The van der Waals surface area contributed by atoms with Gasteiger partial charge in [0.1, 0.15) is 17.9 Å². The first-order valence-electron chi connectivity index (χ1n) is 10.8. The maximum absolute atomic E-state index is 14.6. The topological polar surface area (TPSA) is 95.9 Å². The molecular formula is C25H24F3N5O2. The van der Waals surface area contributed by atoms with Crippen molar-refractivity contribution in [2.75, 3.05) is 12.4 Å². The first-order chi connectivity index (χ1) is 16.7. The van der Waals surface area contributed by atoms with Crippen molar-refractivity contribution in [3.63, 3.8) is 0 Å². The second-order valence-corrected chi connectivity index (χ2v) is 8.04. The number of H-pyrrole nitrogens is 1. The van der Waals surface area contributed by atoms with E-state index in [0.29, 0.717) is 16.6 Å². The number of hydrogen-bond acceptors (Lipinski definition) is 6. The highest BCUT2D eigenvalue weighted by Crippen LogP contribution is 2.47. The summed E-state index contributed by atoms with van der Waals surface area (Å²) >= 11 is 0. The van der Waals surface area contributed by atoms with E-state index >= 15 is 0 Å². The number of aliphatic hydroxyl groups is 1. The largest absolute Gasteiger partial charge is 0.496 e. The third kappa shape index (κ3) is 4.97. The summed E-state index contributed by atoms with van der Waals surface area (Å²) in [5.74, 6) is 0.480.